The minimum atomic E-state index is 0.461. The first-order valence-electron chi connectivity index (χ1n) is 3.98. The topological polar surface area (TPSA) is 25.8 Å². The summed E-state index contributed by atoms with van der Waals surface area (Å²) in [4.78, 5) is 7.89. The van der Waals surface area contributed by atoms with Crippen molar-refractivity contribution in [1.82, 2.24) is 9.97 Å². The second-order valence-corrected chi connectivity index (χ2v) is 3.58. The van der Waals surface area contributed by atoms with Crippen molar-refractivity contribution < 1.29 is 0 Å². The van der Waals surface area contributed by atoms with E-state index >= 15 is 0 Å². The first kappa shape index (κ1) is 9.44. The molecule has 0 aromatic carbocycles. The van der Waals surface area contributed by atoms with Gasteiger partial charge in [0.15, 0.2) is 0 Å². The zero-order chi connectivity index (χ0) is 9.97. The third-order valence-electron chi connectivity index (χ3n) is 1.76. The fourth-order valence-corrected chi connectivity index (χ4v) is 1.50. The van der Waals surface area contributed by atoms with Crippen LogP contribution in [-0.2, 0) is 0 Å². The summed E-state index contributed by atoms with van der Waals surface area (Å²) in [5.74, 6) is 0. The number of hydrogen-bond donors (Lipinski definition) is 0. The van der Waals surface area contributed by atoms with Crippen LogP contribution >= 0.6 is 23.2 Å². The van der Waals surface area contributed by atoms with Gasteiger partial charge >= 0.3 is 0 Å². The molecule has 0 aliphatic heterocycles. The van der Waals surface area contributed by atoms with Crippen LogP contribution in [0.15, 0.2) is 36.8 Å². The van der Waals surface area contributed by atoms with E-state index in [4.69, 9.17) is 23.2 Å². The molecule has 2 nitrogen and oxygen atoms in total. The van der Waals surface area contributed by atoms with Crippen LogP contribution in [0, 0.1) is 0 Å². The van der Waals surface area contributed by atoms with E-state index in [1.54, 1.807) is 24.7 Å². The Hall–Kier alpha value is -1.12. The van der Waals surface area contributed by atoms with Gasteiger partial charge in [-0.05, 0) is 23.8 Å². The Morgan fingerprint density at radius 3 is 2.57 bits per heavy atom. The number of hydrogen-bond acceptors (Lipinski definition) is 2. The van der Waals surface area contributed by atoms with Gasteiger partial charge in [-0.3, -0.25) is 4.98 Å². The van der Waals surface area contributed by atoms with E-state index in [-0.39, 0.29) is 0 Å². The van der Waals surface area contributed by atoms with Crippen LogP contribution in [-0.4, -0.2) is 9.97 Å². The summed E-state index contributed by atoms with van der Waals surface area (Å²) in [6, 6.07) is 5.47. The van der Waals surface area contributed by atoms with E-state index in [0.29, 0.717) is 10.2 Å². The van der Waals surface area contributed by atoms with E-state index < -0.39 is 0 Å². The quantitative estimate of drug-likeness (QED) is 0.694. The largest absolute Gasteiger partial charge is 0.263 e. The SMILES string of the molecule is Clc1cncc(-c2ccnc(Cl)c2)c1. The van der Waals surface area contributed by atoms with Crippen molar-refractivity contribution in [1.29, 1.82) is 0 Å². The van der Waals surface area contributed by atoms with Crippen LogP contribution in [0.2, 0.25) is 10.2 Å². The molecule has 4 heteroatoms. The van der Waals surface area contributed by atoms with Gasteiger partial charge in [0.1, 0.15) is 5.15 Å². The predicted molar refractivity (Wildman–Crippen MR) is 57.5 cm³/mol. The molecule has 0 atom stereocenters. The molecule has 14 heavy (non-hydrogen) atoms. The maximum atomic E-state index is 5.82. The summed E-state index contributed by atoms with van der Waals surface area (Å²) in [6.45, 7) is 0. The van der Waals surface area contributed by atoms with Gasteiger partial charge in [-0.1, -0.05) is 23.2 Å². The second-order valence-electron chi connectivity index (χ2n) is 2.76. The first-order chi connectivity index (χ1) is 6.75. The Bertz CT molecular complexity index is 414. The fourth-order valence-electron chi connectivity index (χ4n) is 1.15. The molecule has 0 unspecified atom stereocenters. The van der Waals surface area contributed by atoms with Crippen LogP contribution in [0.3, 0.4) is 0 Å². The third-order valence-corrected chi connectivity index (χ3v) is 2.18. The van der Waals surface area contributed by atoms with Crippen LogP contribution < -0.4 is 0 Å². The van der Waals surface area contributed by atoms with Gasteiger partial charge in [0.05, 0.1) is 5.02 Å². The van der Waals surface area contributed by atoms with E-state index in [1.807, 2.05) is 12.1 Å². The highest BCUT2D eigenvalue weighted by atomic mass is 35.5. The molecule has 0 N–H and O–H groups in total. The van der Waals surface area contributed by atoms with Crippen molar-refractivity contribution in [2.45, 2.75) is 0 Å². The minimum absolute atomic E-state index is 0.461. The van der Waals surface area contributed by atoms with Crippen LogP contribution in [0.4, 0.5) is 0 Å². The molecule has 70 valence electrons. The lowest BCUT2D eigenvalue weighted by molar-refractivity contribution is 1.30. The lowest BCUT2D eigenvalue weighted by atomic mass is 10.1. The summed E-state index contributed by atoms with van der Waals surface area (Å²) in [5, 5.41) is 1.07. The summed E-state index contributed by atoms with van der Waals surface area (Å²) < 4.78 is 0. The molecule has 2 rings (SSSR count). The summed E-state index contributed by atoms with van der Waals surface area (Å²) in [6.07, 6.45) is 4.98. The highest BCUT2D eigenvalue weighted by Crippen LogP contribution is 2.22. The molecule has 2 aromatic heterocycles. The molecule has 0 aliphatic carbocycles. The molecule has 0 fully saturated rings. The number of pyridine rings is 2. The Kier molecular flexibility index (Phi) is 2.66. The monoisotopic (exact) mass is 224 g/mol. The van der Waals surface area contributed by atoms with Gasteiger partial charge < -0.3 is 0 Å². The van der Waals surface area contributed by atoms with E-state index in [1.165, 1.54) is 0 Å². The van der Waals surface area contributed by atoms with E-state index in [9.17, 15) is 0 Å². The van der Waals surface area contributed by atoms with Crippen molar-refractivity contribution in [3.8, 4) is 11.1 Å². The normalized spacial score (nSPS) is 10.1. The van der Waals surface area contributed by atoms with E-state index in [0.717, 1.165) is 11.1 Å². The van der Waals surface area contributed by atoms with Crippen molar-refractivity contribution in [3.05, 3.63) is 47.0 Å². The number of rotatable bonds is 1. The van der Waals surface area contributed by atoms with E-state index in [2.05, 4.69) is 9.97 Å². The molecule has 0 amide bonds. The van der Waals surface area contributed by atoms with Gasteiger partial charge in [-0.25, -0.2) is 4.98 Å². The molecular formula is C10H6Cl2N2. The molecule has 0 radical (unpaired) electrons. The Balaban J connectivity index is 2.49. The molecule has 2 heterocycles. The average molecular weight is 225 g/mol. The molecule has 0 bridgehead atoms. The molecular weight excluding hydrogens is 219 g/mol. The highest BCUT2D eigenvalue weighted by Gasteiger charge is 1.99. The Morgan fingerprint density at radius 1 is 1.00 bits per heavy atom. The molecule has 0 saturated heterocycles. The van der Waals surface area contributed by atoms with Gasteiger partial charge in [-0.15, -0.1) is 0 Å². The number of halogens is 2. The maximum Gasteiger partial charge on any atom is 0.129 e. The number of nitrogens with zero attached hydrogens (tertiary/aromatic N) is 2. The summed E-state index contributed by atoms with van der Waals surface area (Å²) in [5.41, 5.74) is 1.89. The van der Waals surface area contributed by atoms with Crippen LogP contribution in [0.5, 0.6) is 0 Å². The lowest BCUT2D eigenvalue weighted by Gasteiger charge is -2.00. The van der Waals surface area contributed by atoms with Crippen LogP contribution in [0.25, 0.3) is 11.1 Å². The highest BCUT2D eigenvalue weighted by molar-refractivity contribution is 6.31. The van der Waals surface area contributed by atoms with Crippen molar-refractivity contribution in [2.75, 3.05) is 0 Å². The molecule has 0 spiro atoms. The summed E-state index contributed by atoms with van der Waals surface area (Å²) >= 11 is 11.6. The molecule has 2 aromatic rings. The second kappa shape index (κ2) is 3.95. The zero-order valence-electron chi connectivity index (χ0n) is 7.11. The maximum absolute atomic E-state index is 5.82. The van der Waals surface area contributed by atoms with Gasteiger partial charge in [-0.2, -0.15) is 0 Å². The average Bonchev–Trinajstić information content (AvgIpc) is 2.18. The molecule has 0 saturated carbocycles. The smallest absolute Gasteiger partial charge is 0.129 e. The van der Waals surface area contributed by atoms with Crippen molar-refractivity contribution in [3.63, 3.8) is 0 Å². The standard InChI is InChI=1S/C10H6Cl2N2/c11-9-3-8(5-13-6-9)7-1-2-14-10(12)4-7/h1-6H. The first-order valence-corrected chi connectivity index (χ1v) is 4.74. The Labute approximate surface area is 91.5 Å². The predicted octanol–water partition coefficient (Wildman–Crippen LogP) is 3.45. The lowest BCUT2D eigenvalue weighted by Crippen LogP contribution is -1.81. The zero-order valence-corrected chi connectivity index (χ0v) is 8.63. The van der Waals surface area contributed by atoms with Gasteiger partial charge in [0.25, 0.3) is 0 Å². The van der Waals surface area contributed by atoms with Crippen LogP contribution in [0.1, 0.15) is 0 Å². The number of aromatic nitrogens is 2. The van der Waals surface area contributed by atoms with Gasteiger partial charge in [0.2, 0.25) is 0 Å². The minimum Gasteiger partial charge on any atom is -0.263 e. The fraction of sp³-hybridized carbons (Fsp3) is 0. The summed E-state index contributed by atoms with van der Waals surface area (Å²) in [7, 11) is 0. The Morgan fingerprint density at radius 2 is 1.86 bits per heavy atom. The third kappa shape index (κ3) is 2.03. The van der Waals surface area contributed by atoms with Crippen molar-refractivity contribution >= 4 is 23.2 Å². The molecule has 0 aliphatic rings. The van der Waals surface area contributed by atoms with Gasteiger partial charge in [0, 0.05) is 24.2 Å². The van der Waals surface area contributed by atoms with Crippen molar-refractivity contribution in [2.24, 2.45) is 0 Å².